The number of aliphatic carboxylic acids is 1. The number of nitro groups is 1. The summed E-state index contributed by atoms with van der Waals surface area (Å²) in [6, 6.07) is 12.1. The highest BCUT2D eigenvalue weighted by Gasteiger charge is 2.30. The van der Waals surface area contributed by atoms with Crippen molar-refractivity contribution in [2.75, 3.05) is 10.8 Å². The molecule has 0 aliphatic carbocycles. The van der Waals surface area contributed by atoms with Crippen molar-refractivity contribution in [2.45, 2.75) is 4.90 Å². The Morgan fingerprint density at radius 2 is 1.61 bits per heavy atom. The van der Waals surface area contributed by atoms with Gasteiger partial charge in [0, 0.05) is 6.07 Å². The number of rotatable bonds is 6. The number of hydrogen-bond donors (Lipinski definition) is 0. The molecule has 0 radical (unpaired) electrons. The third-order valence-corrected chi connectivity index (χ3v) is 4.72. The highest BCUT2D eigenvalue weighted by Crippen LogP contribution is 2.31. The van der Waals surface area contributed by atoms with Crippen molar-refractivity contribution in [1.82, 2.24) is 0 Å². The van der Waals surface area contributed by atoms with E-state index in [-0.39, 0.29) is 10.6 Å². The Bertz CT molecular complexity index is 835. The van der Waals surface area contributed by atoms with Gasteiger partial charge in [0.2, 0.25) is 0 Å². The van der Waals surface area contributed by atoms with E-state index in [0.717, 1.165) is 6.07 Å². The maximum Gasteiger partial charge on any atom is 0.293 e. The predicted octanol–water partition coefficient (Wildman–Crippen LogP) is 0.540. The molecule has 23 heavy (non-hydrogen) atoms. The Morgan fingerprint density at radius 3 is 2.17 bits per heavy atom. The monoisotopic (exact) mass is 335 g/mol. The molecule has 8 nitrogen and oxygen atoms in total. The SMILES string of the molecule is O=C([O-])CN(c1ccccc1[N+](=O)[O-])S(=O)(=O)c1ccccc1. The summed E-state index contributed by atoms with van der Waals surface area (Å²) in [7, 11) is -4.30. The minimum absolute atomic E-state index is 0.181. The van der Waals surface area contributed by atoms with Crippen LogP contribution in [0.25, 0.3) is 0 Å². The summed E-state index contributed by atoms with van der Waals surface area (Å²) in [5.41, 5.74) is -0.862. The van der Waals surface area contributed by atoms with Gasteiger partial charge in [-0.1, -0.05) is 30.3 Å². The Balaban J connectivity index is 2.64. The van der Waals surface area contributed by atoms with Crippen LogP contribution in [-0.2, 0) is 14.8 Å². The quantitative estimate of drug-likeness (QED) is 0.561. The molecule has 0 fully saturated rings. The molecule has 0 aromatic heterocycles. The molecule has 0 heterocycles. The third kappa shape index (κ3) is 3.46. The average Bonchev–Trinajstić information content (AvgIpc) is 2.53. The Kier molecular flexibility index (Phi) is 4.60. The van der Waals surface area contributed by atoms with Crippen LogP contribution in [0.2, 0.25) is 0 Å². The van der Waals surface area contributed by atoms with E-state index in [4.69, 9.17) is 0 Å². The molecule has 0 atom stereocenters. The van der Waals surface area contributed by atoms with Crippen LogP contribution in [-0.4, -0.2) is 25.9 Å². The molecule has 2 aromatic rings. The van der Waals surface area contributed by atoms with Gasteiger partial charge in [-0.05, 0) is 18.2 Å². The van der Waals surface area contributed by atoms with E-state index in [1.165, 1.54) is 42.5 Å². The predicted molar refractivity (Wildman–Crippen MR) is 79.1 cm³/mol. The van der Waals surface area contributed by atoms with Crippen molar-refractivity contribution in [3.8, 4) is 0 Å². The lowest BCUT2D eigenvalue weighted by Crippen LogP contribution is -2.41. The molecule has 0 bridgehead atoms. The van der Waals surface area contributed by atoms with Crippen molar-refractivity contribution in [3.63, 3.8) is 0 Å². The van der Waals surface area contributed by atoms with Crippen LogP contribution >= 0.6 is 0 Å². The van der Waals surface area contributed by atoms with E-state index in [2.05, 4.69) is 0 Å². The van der Waals surface area contributed by atoms with Crippen molar-refractivity contribution >= 4 is 27.4 Å². The highest BCUT2D eigenvalue weighted by molar-refractivity contribution is 7.92. The van der Waals surface area contributed by atoms with E-state index < -0.39 is 33.1 Å². The van der Waals surface area contributed by atoms with Gasteiger partial charge >= 0.3 is 0 Å². The first kappa shape index (κ1) is 16.4. The number of benzene rings is 2. The highest BCUT2D eigenvalue weighted by atomic mass is 32.2. The third-order valence-electron chi connectivity index (χ3n) is 2.95. The molecule has 2 aromatic carbocycles. The van der Waals surface area contributed by atoms with Gasteiger partial charge in [0.25, 0.3) is 15.7 Å². The number of carbonyl (C=O) groups excluding carboxylic acids is 1. The van der Waals surface area contributed by atoms with Gasteiger partial charge in [0.05, 0.1) is 22.3 Å². The van der Waals surface area contributed by atoms with E-state index in [9.17, 15) is 28.4 Å². The topological polar surface area (TPSA) is 121 Å². The van der Waals surface area contributed by atoms with Crippen LogP contribution in [0.4, 0.5) is 11.4 Å². The number of anilines is 1. The molecule has 0 aliphatic heterocycles. The molecule has 0 spiro atoms. The maximum atomic E-state index is 12.7. The summed E-state index contributed by atoms with van der Waals surface area (Å²) >= 11 is 0. The van der Waals surface area contributed by atoms with Crippen LogP contribution in [0.15, 0.2) is 59.5 Å². The molecule has 9 heteroatoms. The summed E-state index contributed by atoms with van der Waals surface area (Å²) in [6.45, 7) is -1.04. The second-order valence-corrected chi connectivity index (χ2v) is 6.30. The smallest absolute Gasteiger partial charge is 0.293 e. The molecule has 0 unspecified atom stereocenters. The average molecular weight is 335 g/mol. The first-order chi connectivity index (χ1) is 10.8. The largest absolute Gasteiger partial charge is 0.548 e. The van der Waals surface area contributed by atoms with Crippen molar-refractivity contribution < 1.29 is 23.2 Å². The zero-order valence-electron chi connectivity index (χ0n) is 11.7. The first-order valence-corrected chi connectivity index (χ1v) is 7.79. The van der Waals surface area contributed by atoms with Gasteiger partial charge in [-0.2, -0.15) is 0 Å². The molecule has 0 saturated carbocycles. The summed E-state index contributed by atoms with van der Waals surface area (Å²) in [5.74, 6) is -1.68. The van der Waals surface area contributed by atoms with Gasteiger partial charge in [-0.25, -0.2) is 8.42 Å². The van der Waals surface area contributed by atoms with Crippen molar-refractivity contribution in [3.05, 3.63) is 64.7 Å². The van der Waals surface area contributed by atoms with Crippen LogP contribution in [0.1, 0.15) is 0 Å². The second kappa shape index (κ2) is 6.44. The molecule has 0 amide bonds. The molecular formula is C14H11N2O6S-. The fourth-order valence-electron chi connectivity index (χ4n) is 1.97. The summed E-state index contributed by atoms with van der Waals surface area (Å²) in [4.78, 5) is 21.1. The second-order valence-electron chi connectivity index (χ2n) is 4.44. The number of hydrogen-bond acceptors (Lipinski definition) is 6. The van der Waals surface area contributed by atoms with Gasteiger partial charge in [0.1, 0.15) is 5.69 Å². The van der Waals surface area contributed by atoms with Crippen molar-refractivity contribution in [1.29, 1.82) is 0 Å². The van der Waals surface area contributed by atoms with E-state index in [1.54, 1.807) is 6.07 Å². The Hall–Kier alpha value is -2.94. The minimum Gasteiger partial charge on any atom is -0.548 e. The zero-order valence-corrected chi connectivity index (χ0v) is 12.5. The molecule has 0 N–H and O–H groups in total. The van der Waals surface area contributed by atoms with Crippen LogP contribution in [0, 0.1) is 10.1 Å². The van der Waals surface area contributed by atoms with Crippen LogP contribution < -0.4 is 9.41 Å². The van der Waals surface area contributed by atoms with Gasteiger partial charge in [0.15, 0.2) is 0 Å². The van der Waals surface area contributed by atoms with Crippen LogP contribution in [0.5, 0.6) is 0 Å². The number of para-hydroxylation sites is 2. The lowest BCUT2D eigenvalue weighted by Gasteiger charge is -2.24. The van der Waals surface area contributed by atoms with Gasteiger partial charge in [-0.3, -0.25) is 14.4 Å². The number of carboxylic acid groups (broad SMARTS) is 1. The van der Waals surface area contributed by atoms with E-state index >= 15 is 0 Å². The number of carbonyl (C=O) groups is 1. The summed E-state index contributed by atoms with van der Waals surface area (Å²) < 4.78 is 25.8. The maximum absolute atomic E-state index is 12.7. The minimum atomic E-state index is -4.30. The molecular weight excluding hydrogens is 324 g/mol. The fraction of sp³-hybridized carbons (Fsp3) is 0.0714. The van der Waals surface area contributed by atoms with E-state index in [0.29, 0.717) is 4.31 Å². The Morgan fingerprint density at radius 1 is 1.04 bits per heavy atom. The lowest BCUT2D eigenvalue weighted by molar-refractivity contribution is -0.384. The zero-order chi connectivity index (χ0) is 17.0. The van der Waals surface area contributed by atoms with Crippen molar-refractivity contribution in [2.24, 2.45) is 0 Å². The van der Waals surface area contributed by atoms with Crippen LogP contribution in [0.3, 0.4) is 0 Å². The standard InChI is InChI=1S/C14H12N2O6S/c17-14(18)10-15(12-8-4-5-9-13(12)16(19)20)23(21,22)11-6-2-1-3-7-11/h1-9H,10H2,(H,17,18)/p-1. The molecule has 0 aliphatic rings. The number of sulfonamides is 1. The molecule has 120 valence electrons. The normalized spacial score (nSPS) is 11.0. The lowest BCUT2D eigenvalue weighted by atomic mass is 10.2. The summed E-state index contributed by atoms with van der Waals surface area (Å²) in [6.07, 6.45) is 0. The Labute approximate surface area is 131 Å². The van der Waals surface area contributed by atoms with Gasteiger partial charge < -0.3 is 9.90 Å². The summed E-state index contributed by atoms with van der Waals surface area (Å²) in [5, 5.41) is 22.1. The number of nitro benzene ring substituents is 1. The molecule has 0 saturated heterocycles. The van der Waals surface area contributed by atoms with Gasteiger partial charge in [-0.15, -0.1) is 0 Å². The molecule has 2 rings (SSSR count). The fourth-order valence-corrected chi connectivity index (χ4v) is 3.41. The number of nitrogens with zero attached hydrogens (tertiary/aromatic N) is 2. The first-order valence-electron chi connectivity index (χ1n) is 6.35. The number of carboxylic acids is 1. The van der Waals surface area contributed by atoms with E-state index in [1.807, 2.05) is 0 Å².